The van der Waals surface area contributed by atoms with E-state index in [1.54, 1.807) is 0 Å². The molecule has 0 atom stereocenters. The lowest BCUT2D eigenvalue weighted by Crippen LogP contribution is -2.05. The number of hydrogen-bond acceptors (Lipinski definition) is 4. The molecule has 14 heavy (non-hydrogen) atoms. The predicted octanol–water partition coefficient (Wildman–Crippen LogP) is 2.12. The Morgan fingerprint density at radius 1 is 1.36 bits per heavy atom. The zero-order chi connectivity index (χ0) is 9.97. The van der Waals surface area contributed by atoms with Gasteiger partial charge in [0.25, 0.3) is 6.01 Å². The molecule has 0 saturated heterocycles. The second-order valence-corrected chi connectivity index (χ2v) is 3.75. The van der Waals surface area contributed by atoms with Crippen LogP contribution < -0.4 is 5.73 Å². The highest BCUT2D eigenvalue weighted by molar-refractivity contribution is 5.74. The van der Waals surface area contributed by atoms with Gasteiger partial charge in [0.1, 0.15) is 11.5 Å². The molecular weight excluding hydrogens is 180 g/mol. The highest BCUT2D eigenvalue weighted by Crippen LogP contribution is 2.34. The van der Waals surface area contributed by atoms with Gasteiger partial charge in [-0.2, -0.15) is 4.98 Å². The Hall–Kier alpha value is -1.32. The molecule has 0 amide bonds. The molecule has 0 aromatic carbocycles. The molecule has 1 saturated carbocycles. The number of nitrogens with zero attached hydrogens (tertiary/aromatic N) is 1. The van der Waals surface area contributed by atoms with Gasteiger partial charge in [0, 0.05) is 5.92 Å². The fourth-order valence-corrected chi connectivity index (χ4v) is 2.10. The van der Waals surface area contributed by atoms with Crippen molar-refractivity contribution in [2.24, 2.45) is 0 Å². The first-order valence-electron chi connectivity index (χ1n) is 5.02. The molecule has 0 unspecified atom stereocenters. The van der Waals surface area contributed by atoms with Crippen molar-refractivity contribution in [2.75, 3.05) is 5.73 Å². The zero-order valence-electron chi connectivity index (χ0n) is 8.03. The van der Waals surface area contributed by atoms with Crippen LogP contribution in [0.15, 0.2) is 4.42 Å². The van der Waals surface area contributed by atoms with Crippen molar-refractivity contribution in [3.63, 3.8) is 0 Å². The molecule has 0 radical (unpaired) electrons. The monoisotopic (exact) mass is 194 g/mol. The van der Waals surface area contributed by atoms with Crippen molar-refractivity contribution in [3.05, 3.63) is 11.5 Å². The molecule has 1 aliphatic carbocycles. The number of hydrogen-bond donors (Lipinski definition) is 1. The maximum absolute atomic E-state index is 10.7. The SMILES string of the molecule is Nc1nc(C=O)c(C2CCCCC2)o1. The third-order valence-electron chi connectivity index (χ3n) is 2.79. The molecule has 1 aliphatic rings. The first-order valence-corrected chi connectivity index (χ1v) is 5.02. The summed E-state index contributed by atoms with van der Waals surface area (Å²) in [6, 6.07) is 0.104. The highest BCUT2D eigenvalue weighted by atomic mass is 16.4. The van der Waals surface area contributed by atoms with Crippen molar-refractivity contribution < 1.29 is 9.21 Å². The van der Waals surface area contributed by atoms with E-state index >= 15 is 0 Å². The van der Waals surface area contributed by atoms with Crippen LogP contribution in [0, 0.1) is 0 Å². The molecule has 2 rings (SSSR count). The molecule has 4 heteroatoms. The van der Waals surface area contributed by atoms with Gasteiger partial charge < -0.3 is 10.2 Å². The average Bonchev–Trinajstić information content (AvgIpc) is 2.61. The molecular formula is C10H14N2O2. The summed E-state index contributed by atoms with van der Waals surface area (Å²) in [7, 11) is 0. The first-order chi connectivity index (χ1) is 6.81. The molecule has 76 valence electrons. The summed E-state index contributed by atoms with van der Waals surface area (Å²) in [6.45, 7) is 0. The van der Waals surface area contributed by atoms with Crippen LogP contribution >= 0.6 is 0 Å². The lowest BCUT2D eigenvalue weighted by Gasteiger charge is -2.19. The Morgan fingerprint density at radius 2 is 2.07 bits per heavy atom. The van der Waals surface area contributed by atoms with Crippen molar-refractivity contribution in [1.82, 2.24) is 4.98 Å². The smallest absolute Gasteiger partial charge is 0.292 e. The van der Waals surface area contributed by atoms with Gasteiger partial charge in [-0.3, -0.25) is 4.79 Å². The lowest BCUT2D eigenvalue weighted by atomic mass is 9.87. The van der Waals surface area contributed by atoms with Crippen molar-refractivity contribution in [2.45, 2.75) is 38.0 Å². The van der Waals surface area contributed by atoms with Crippen LogP contribution in [0.2, 0.25) is 0 Å². The van der Waals surface area contributed by atoms with E-state index in [2.05, 4.69) is 4.98 Å². The number of carbonyl (C=O) groups excluding carboxylic acids is 1. The number of rotatable bonds is 2. The maximum atomic E-state index is 10.7. The summed E-state index contributed by atoms with van der Waals surface area (Å²) in [6.07, 6.45) is 6.55. The third-order valence-corrected chi connectivity index (χ3v) is 2.79. The standard InChI is InChI=1S/C10H14N2O2/c11-10-12-8(6-13)9(14-10)7-4-2-1-3-5-7/h6-7H,1-5H2,(H2,11,12). The van der Waals surface area contributed by atoms with E-state index in [4.69, 9.17) is 10.2 Å². The second kappa shape index (κ2) is 3.82. The van der Waals surface area contributed by atoms with Gasteiger partial charge in [0.2, 0.25) is 0 Å². The van der Waals surface area contributed by atoms with E-state index in [-0.39, 0.29) is 6.01 Å². The second-order valence-electron chi connectivity index (χ2n) is 3.75. The minimum Gasteiger partial charge on any atom is -0.428 e. The van der Waals surface area contributed by atoms with Gasteiger partial charge in [0.05, 0.1) is 0 Å². The normalized spacial score (nSPS) is 18.3. The minimum atomic E-state index is 0.104. The van der Waals surface area contributed by atoms with E-state index in [9.17, 15) is 4.79 Å². The van der Waals surface area contributed by atoms with Crippen molar-refractivity contribution in [3.8, 4) is 0 Å². The quantitative estimate of drug-likeness (QED) is 0.732. The molecule has 0 aliphatic heterocycles. The number of oxazole rings is 1. The number of anilines is 1. The number of aldehydes is 1. The van der Waals surface area contributed by atoms with Crippen LogP contribution in [0.4, 0.5) is 6.01 Å². The molecule has 1 aromatic heterocycles. The maximum Gasteiger partial charge on any atom is 0.292 e. The molecule has 1 heterocycles. The summed E-state index contributed by atoms with van der Waals surface area (Å²) in [4.78, 5) is 14.6. The van der Waals surface area contributed by atoms with Crippen LogP contribution in [0.3, 0.4) is 0 Å². The van der Waals surface area contributed by atoms with E-state index in [0.717, 1.165) is 19.1 Å². The minimum absolute atomic E-state index is 0.104. The van der Waals surface area contributed by atoms with Crippen LogP contribution in [0.5, 0.6) is 0 Å². The number of nitrogens with two attached hydrogens (primary N) is 1. The van der Waals surface area contributed by atoms with Gasteiger partial charge in [-0.05, 0) is 12.8 Å². The first kappa shape index (κ1) is 9.24. The molecule has 0 bridgehead atoms. The fraction of sp³-hybridized carbons (Fsp3) is 0.600. The largest absolute Gasteiger partial charge is 0.428 e. The summed E-state index contributed by atoms with van der Waals surface area (Å²) >= 11 is 0. The van der Waals surface area contributed by atoms with Gasteiger partial charge in [-0.1, -0.05) is 19.3 Å². The highest BCUT2D eigenvalue weighted by Gasteiger charge is 2.23. The van der Waals surface area contributed by atoms with Crippen LogP contribution in [-0.4, -0.2) is 11.3 Å². The molecule has 0 spiro atoms. The Morgan fingerprint density at radius 3 is 2.71 bits per heavy atom. The van der Waals surface area contributed by atoms with Crippen molar-refractivity contribution in [1.29, 1.82) is 0 Å². The zero-order valence-corrected chi connectivity index (χ0v) is 8.03. The van der Waals surface area contributed by atoms with Gasteiger partial charge in [-0.25, -0.2) is 0 Å². The summed E-state index contributed by atoms with van der Waals surface area (Å²) < 4.78 is 5.28. The fourth-order valence-electron chi connectivity index (χ4n) is 2.10. The Bertz CT molecular complexity index is 327. The number of nitrogen functional groups attached to an aromatic ring is 1. The number of aromatic nitrogens is 1. The van der Waals surface area contributed by atoms with Crippen molar-refractivity contribution >= 4 is 12.3 Å². The topological polar surface area (TPSA) is 69.1 Å². The van der Waals surface area contributed by atoms with Gasteiger partial charge in [0.15, 0.2) is 6.29 Å². The Kier molecular flexibility index (Phi) is 2.52. The van der Waals surface area contributed by atoms with E-state index in [1.165, 1.54) is 19.3 Å². The van der Waals surface area contributed by atoms with Crippen LogP contribution in [0.25, 0.3) is 0 Å². The Labute approximate surface area is 82.5 Å². The summed E-state index contributed by atoms with van der Waals surface area (Å²) in [5, 5.41) is 0. The van der Waals surface area contributed by atoms with Crippen LogP contribution in [-0.2, 0) is 0 Å². The summed E-state index contributed by atoms with van der Waals surface area (Å²) in [5.74, 6) is 1.03. The molecule has 1 aromatic rings. The molecule has 2 N–H and O–H groups in total. The average molecular weight is 194 g/mol. The third kappa shape index (κ3) is 1.64. The Balaban J connectivity index is 2.24. The van der Waals surface area contributed by atoms with E-state index < -0.39 is 0 Å². The summed E-state index contributed by atoms with van der Waals surface area (Å²) in [5.41, 5.74) is 5.81. The van der Waals surface area contributed by atoms with E-state index in [0.29, 0.717) is 17.4 Å². The van der Waals surface area contributed by atoms with Crippen LogP contribution in [0.1, 0.15) is 54.3 Å². The predicted molar refractivity (Wildman–Crippen MR) is 52.1 cm³/mol. The molecule has 1 fully saturated rings. The van der Waals surface area contributed by atoms with Gasteiger partial charge in [-0.15, -0.1) is 0 Å². The number of carbonyl (C=O) groups is 1. The van der Waals surface area contributed by atoms with E-state index in [1.807, 2.05) is 0 Å². The molecule has 4 nitrogen and oxygen atoms in total. The lowest BCUT2D eigenvalue weighted by molar-refractivity contribution is 0.111. The van der Waals surface area contributed by atoms with Gasteiger partial charge >= 0.3 is 0 Å².